The molecular formula is C31H32FN7O5. The number of anilines is 2. The van der Waals surface area contributed by atoms with E-state index in [0.29, 0.717) is 22.4 Å². The van der Waals surface area contributed by atoms with E-state index in [1.807, 2.05) is 36.4 Å². The van der Waals surface area contributed by atoms with Gasteiger partial charge in [0.25, 0.3) is 11.8 Å². The minimum atomic E-state index is -0.996. The van der Waals surface area contributed by atoms with Gasteiger partial charge >= 0.3 is 6.01 Å². The van der Waals surface area contributed by atoms with E-state index in [4.69, 9.17) is 9.57 Å². The Morgan fingerprint density at radius 1 is 1.14 bits per heavy atom. The summed E-state index contributed by atoms with van der Waals surface area (Å²) in [5.41, 5.74) is 8.92. The number of aryl methyl sites for hydroxylation is 1. The van der Waals surface area contributed by atoms with Gasteiger partial charge in [0.15, 0.2) is 6.29 Å². The van der Waals surface area contributed by atoms with Gasteiger partial charge in [-0.15, -0.1) is 10.7 Å². The van der Waals surface area contributed by atoms with E-state index in [2.05, 4.69) is 31.6 Å². The highest BCUT2D eigenvalue weighted by atomic mass is 19.1. The first-order chi connectivity index (χ1) is 21.3. The molecule has 5 N–H and O–H groups in total. The van der Waals surface area contributed by atoms with Crippen molar-refractivity contribution in [2.24, 2.45) is 11.8 Å². The number of nitrogens with one attached hydrogen (secondary N) is 4. The fraction of sp³-hybridized carbons (Fsp3) is 0.290. The lowest BCUT2D eigenvalue weighted by Crippen LogP contribution is -2.40. The zero-order valence-corrected chi connectivity index (χ0v) is 24.1. The van der Waals surface area contributed by atoms with Gasteiger partial charge in [-0.3, -0.25) is 15.0 Å². The van der Waals surface area contributed by atoms with Crippen LogP contribution in [0.1, 0.15) is 44.9 Å². The fourth-order valence-corrected chi connectivity index (χ4v) is 5.63. The Hall–Kier alpha value is -4.85. The number of hydrazine groups is 2. The lowest BCUT2D eigenvalue weighted by atomic mass is 9.86. The summed E-state index contributed by atoms with van der Waals surface area (Å²) >= 11 is 0. The topological polar surface area (TPSA) is 150 Å². The summed E-state index contributed by atoms with van der Waals surface area (Å²) in [6, 6.07) is 12.8. The van der Waals surface area contributed by atoms with Crippen molar-refractivity contribution in [2.75, 3.05) is 17.7 Å². The number of halogens is 1. The van der Waals surface area contributed by atoms with E-state index >= 15 is 0 Å². The van der Waals surface area contributed by atoms with Gasteiger partial charge in [-0.1, -0.05) is 42.5 Å². The summed E-state index contributed by atoms with van der Waals surface area (Å²) in [7, 11) is 1.44. The standard InChI is InChI=1S/C31H32FN7O5/c1-17-13-18(7-11-22(17)32)16-33-28(40)25-15-26(36-31(35-25)44-39-27-6-4-3-5-24(27)37-38-39)29(41)34-23-12-9-19-14-20(30(42)43-2)8-10-21(19)23/h3-8,10-11,13-15,19,21,23,30,37-38,42H,9,12,16H2,1-2H3,(H,33,40)(H,34,41)/t19?,21-,23-,30-/m0/s1. The SMILES string of the molecule is CO[C@H](O)C1=CC2CC[C@H](NC(=O)c3cc(C(=O)NCc4ccc(F)c(C)c4)nc(ON4NNc5ccccc54)n3)[C@H]2C=C1. The van der Waals surface area contributed by atoms with E-state index in [9.17, 15) is 19.1 Å². The first-order valence-electron chi connectivity index (χ1n) is 14.2. The van der Waals surface area contributed by atoms with Gasteiger partial charge in [0.1, 0.15) is 22.9 Å². The predicted octanol–water partition coefficient (Wildman–Crippen LogP) is 3.09. The zero-order valence-electron chi connectivity index (χ0n) is 24.1. The minimum Gasteiger partial charge on any atom is -0.364 e. The lowest BCUT2D eigenvalue weighted by molar-refractivity contribution is -0.0428. The third kappa shape index (κ3) is 6.11. The highest BCUT2D eigenvalue weighted by Crippen LogP contribution is 2.38. The van der Waals surface area contributed by atoms with Crippen LogP contribution in [0.5, 0.6) is 6.01 Å². The molecule has 1 fully saturated rings. The van der Waals surface area contributed by atoms with Crippen LogP contribution in [0.25, 0.3) is 0 Å². The van der Waals surface area contributed by atoms with Crippen LogP contribution >= 0.6 is 0 Å². The van der Waals surface area contributed by atoms with E-state index in [-0.39, 0.29) is 47.6 Å². The van der Waals surface area contributed by atoms with Crippen molar-refractivity contribution in [3.05, 3.63) is 101 Å². The average Bonchev–Trinajstić information content (AvgIpc) is 3.64. The first kappa shape index (κ1) is 29.2. The number of benzene rings is 2. The zero-order chi connectivity index (χ0) is 30.8. The maximum atomic E-state index is 13.7. The second-order valence-corrected chi connectivity index (χ2v) is 10.8. The highest BCUT2D eigenvalue weighted by Gasteiger charge is 2.37. The number of ether oxygens (including phenoxy) is 1. The molecule has 0 spiro atoms. The molecule has 13 heteroatoms. The van der Waals surface area contributed by atoms with Gasteiger partial charge in [0.2, 0.25) is 0 Å². The van der Waals surface area contributed by atoms with Crippen LogP contribution in [-0.4, -0.2) is 46.3 Å². The summed E-state index contributed by atoms with van der Waals surface area (Å²) < 4.78 is 18.7. The molecule has 0 saturated heterocycles. The summed E-state index contributed by atoms with van der Waals surface area (Å²) in [6.45, 7) is 1.77. The van der Waals surface area contributed by atoms with Gasteiger partial charge in [-0.25, -0.2) is 4.39 Å². The molecule has 1 aliphatic heterocycles. The van der Waals surface area contributed by atoms with Crippen molar-refractivity contribution in [2.45, 2.75) is 38.6 Å². The quantitative estimate of drug-likeness (QED) is 0.232. The van der Waals surface area contributed by atoms with Crippen LogP contribution in [0.15, 0.2) is 72.3 Å². The van der Waals surface area contributed by atoms with Crippen LogP contribution in [-0.2, 0) is 11.3 Å². The molecule has 2 amide bonds. The Kier molecular flexibility index (Phi) is 8.24. The average molecular weight is 602 g/mol. The molecule has 1 saturated carbocycles. The molecule has 1 unspecified atom stereocenters. The number of hydrogen-bond donors (Lipinski definition) is 5. The van der Waals surface area contributed by atoms with Gasteiger partial charge in [0.05, 0.1) is 5.69 Å². The number of carbonyl (C=O) groups is 2. The fourth-order valence-electron chi connectivity index (χ4n) is 5.63. The minimum absolute atomic E-state index is 0.0302. The molecule has 0 radical (unpaired) electrons. The normalized spacial score (nSPS) is 20.7. The highest BCUT2D eigenvalue weighted by molar-refractivity contribution is 5.97. The van der Waals surface area contributed by atoms with E-state index < -0.39 is 18.1 Å². The van der Waals surface area contributed by atoms with Crippen LogP contribution in [0.4, 0.5) is 15.8 Å². The summed E-state index contributed by atoms with van der Waals surface area (Å²) in [4.78, 5) is 41.2. The molecule has 2 heterocycles. The van der Waals surface area contributed by atoms with Gasteiger partial charge < -0.3 is 25.3 Å². The molecule has 4 atom stereocenters. The van der Waals surface area contributed by atoms with Crippen molar-refractivity contribution in [1.82, 2.24) is 26.1 Å². The molecule has 44 heavy (non-hydrogen) atoms. The number of nitrogens with zero attached hydrogens (tertiary/aromatic N) is 3. The van der Waals surface area contributed by atoms with Gasteiger partial charge in [0, 0.05) is 37.3 Å². The number of rotatable bonds is 9. The Balaban J connectivity index is 1.22. The Morgan fingerprint density at radius 3 is 2.73 bits per heavy atom. The third-order valence-electron chi connectivity index (χ3n) is 7.95. The number of hydrogen-bond acceptors (Lipinski definition) is 10. The predicted molar refractivity (Wildman–Crippen MR) is 158 cm³/mol. The molecule has 3 aliphatic rings. The molecule has 6 rings (SSSR count). The number of carbonyl (C=O) groups excluding carboxylic acids is 2. The van der Waals surface area contributed by atoms with E-state index in [0.717, 1.165) is 18.5 Å². The first-order valence-corrected chi connectivity index (χ1v) is 14.2. The van der Waals surface area contributed by atoms with Crippen LogP contribution in [0.3, 0.4) is 0 Å². The van der Waals surface area contributed by atoms with Gasteiger partial charge in [-0.05, 0) is 55.0 Å². The third-order valence-corrected chi connectivity index (χ3v) is 7.95. The maximum Gasteiger partial charge on any atom is 0.346 e. The molecule has 2 aromatic carbocycles. The number of allylic oxidation sites excluding steroid dienone is 1. The van der Waals surface area contributed by atoms with Crippen molar-refractivity contribution >= 4 is 23.2 Å². The van der Waals surface area contributed by atoms with Crippen LogP contribution in [0, 0.1) is 24.6 Å². The van der Waals surface area contributed by atoms with Crippen molar-refractivity contribution in [3.8, 4) is 6.01 Å². The summed E-state index contributed by atoms with van der Waals surface area (Å²) in [5, 5.41) is 17.2. The Bertz CT molecular complexity index is 1650. The summed E-state index contributed by atoms with van der Waals surface area (Å²) in [5.74, 6) is -1.21. The van der Waals surface area contributed by atoms with Crippen molar-refractivity contribution < 1.29 is 28.7 Å². The van der Waals surface area contributed by atoms with E-state index in [1.54, 1.807) is 25.1 Å². The second-order valence-electron chi connectivity index (χ2n) is 10.8. The molecule has 2 aliphatic carbocycles. The number of amides is 2. The Labute approximate surface area is 252 Å². The number of para-hydroxylation sites is 2. The van der Waals surface area contributed by atoms with Crippen LogP contribution < -0.4 is 31.6 Å². The molecule has 12 nitrogen and oxygen atoms in total. The van der Waals surface area contributed by atoms with Crippen molar-refractivity contribution in [1.29, 1.82) is 0 Å². The number of aliphatic hydroxyl groups excluding tert-OH is 1. The second kappa shape index (κ2) is 12.4. The van der Waals surface area contributed by atoms with Gasteiger partial charge in [-0.2, -0.15) is 9.97 Å². The molecule has 3 aromatic rings. The van der Waals surface area contributed by atoms with Crippen LogP contribution in [0.2, 0.25) is 0 Å². The Morgan fingerprint density at radius 2 is 1.93 bits per heavy atom. The lowest BCUT2D eigenvalue weighted by Gasteiger charge is -2.25. The molecular weight excluding hydrogens is 569 g/mol. The number of fused-ring (bicyclic) bond motifs is 2. The number of aliphatic hydroxyl groups is 1. The smallest absolute Gasteiger partial charge is 0.346 e. The molecule has 0 bridgehead atoms. The monoisotopic (exact) mass is 601 g/mol. The van der Waals surface area contributed by atoms with Crippen molar-refractivity contribution in [3.63, 3.8) is 0 Å². The van der Waals surface area contributed by atoms with E-state index in [1.165, 1.54) is 24.4 Å². The molecule has 1 aromatic heterocycles. The number of methoxy groups -OCH3 is 1. The molecule has 228 valence electrons. The largest absolute Gasteiger partial charge is 0.364 e. The summed E-state index contributed by atoms with van der Waals surface area (Å²) in [6.07, 6.45) is 6.33. The number of aromatic nitrogens is 2. The maximum absolute atomic E-state index is 13.7.